The fourth-order valence-corrected chi connectivity index (χ4v) is 8.90. The number of nitrogens with zero attached hydrogens (tertiary/aromatic N) is 4. The summed E-state index contributed by atoms with van der Waals surface area (Å²) in [7, 11) is 2.74. The lowest BCUT2D eigenvalue weighted by atomic mass is 9.98. The first-order valence-electron chi connectivity index (χ1n) is 21.2. The van der Waals surface area contributed by atoms with Crippen molar-refractivity contribution in [1.82, 2.24) is 41.0 Å². The molecular weight excluding hydrogens is 790 g/mol. The maximum Gasteiger partial charge on any atom is 0.407 e. The third-order valence-corrected chi connectivity index (χ3v) is 12.2. The Morgan fingerprint density at radius 3 is 2.23 bits per heavy atom. The molecule has 5 unspecified atom stereocenters. The number of aromatic amines is 1. The van der Waals surface area contributed by atoms with Gasteiger partial charge in [0.25, 0.3) is 0 Å². The molecule has 5 aromatic rings. The van der Waals surface area contributed by atoms with E-state index in [4.69, 9.17) is 14.7 Å². The molecule has 15 heteroatoms. The van der Waals surface area contributed by atoms with Gasteiger partial charge in [-0.05, 0) is 77.3 Å². The summed E-state index contributed by atoms with van der Waals surface area (Å²) in [6.07, 6.45) is 3.97. The van der Waals surface area contributed by atoms with Gasteiger partial charge in [-0.3, -0.25) is 19.9 Å². The topological polar surface area (TPSA) is 173 Å². The normalized spacial score (nSPS) is 19.6. The number of nitrogens with one attached hydrogen (secondary N) is 5. The van der Waals surface area contributed by atoms with Crippen LogP contribution < -0.4 is 21.3 Å². The number of aromatic nitrogens is 2. The van der Waals surface area contributed by atoms with Crippen molar-refractivity contribution in [2.75, 3.05) is 33.8 Å². The van der Waals surface area contributed by atoms with E-state index in [0.717, 1.165) is 75.9 Å². The lowest BCUT2D eigenvalue weighted by Crippen LogP contribution is -2.51. The summed E-state index contributed by atoms with van der Waals surface area (Å²) in [5, 5.41) is 13.5. The minimum atomic E-state index is -1.17. The number of ether oxygens (including phenoxy) is 1. The molecule has 0 bridgehead atoms. The molecular formula is C47H52FN9O5. The predicted molar refractivity (Wildman–Crippen MR) is 235 cm³/mol. The molecule has 3 aliphatic rings. The molecule has 62 heavy (non-hydrogen) atoms. The van der Waals surface area contributed by atoms with Crippen LogP contribution in [0.5, 0.6) is 0 Å². The number of aliphatic imine (C=N–C) groups is 1. The number of fused-ring (bicyclic) bond motifs is 1. The smallest absolute Gasteiger partial charge is 0.407 e. The molecule has 5 atom stereocenters. The second-order valence-corrected chi connectivity index (χ2v) is 16.4. The second-order valence-electron chi connectivity index (χ2n) is 16.4. The van der Waals surface area contributed by atoms with Gasteiger partial charge in [0.1, 0.15) is 29.9 Å². The van der Waals surface area contributed by atoms with Crippen LogP contribution in [-0.2, 0) is 14.3 Å². The van der Waals surface area contributed by atoms with Crippen LogP contribution >= 0.6 is 0 Å². The van der Waals surface area contributed by atoms with E-state index in [-0.39, 0.29) is 41.5 Å². The van der Waals surface area contributed by atoms with Crippen LogP contribution in [0.4, 0.5) is 14.0 Å². The number of hydrogen-bond donors (Lipinski definition) is 5. The number of halogens is 1. The second kappa shape index (κ2) is 18.2. The highest BCUT2D eigenvalue weighted by Crippen LogP contribution is 2.34. The zero-order valence-corrected chi connectivity index (χ0v) is 35.3. The van der Waals surface area contributed by atoms with Gasteiger partial charge in [0.05, 0.1) is 36.8 Å². The molecule has 5 N–H and O–H groups in total. The molecule has 0 aliphatic carbocycles. The van der Waals surface area contributed by atoms with E-state index in [1.54, 1.807) is 17.0 Å². The molecule has 1 aromatic heterocycles. The number of carbonyl (C=O) groups is 4. The fraction of sp³-hybridized carbons (Fsp3) is 0.362. The van der Waals surface area contributed by atoms with Gasteiger partial charge >= 0.3 is 12.1 Å². The average Bonchev–Trinajstić information content (AvgIpc) is 4.14. The molecule has 5 amide bonds. The SMILES string of the molecule is CNC(=O)NC(C(=O)N1CCCC1C1N=C(c2ccc(-c3ccc4cc(-c5cnc(C6CCCN6C(=O)C(NC(=O)OC)C(C)C)[nH]5)ccc4c3)cc2)CN1)c1ccccc1F. The van der Waals surface area contributed by atoms with Gasteiger partial charge in [-0.1, -0.05) is 80.6 Å². The Morgan fingerprint density at radius 2 is 1.50 bits per heavy atom. The van der Waals surface area contributed by atoms with Crippen molar-refractivity contribution in [3.8, 4) is 22.4 Å². The maximum atomic E-state index is 14.9. The summed E-state index contributed by atoms with van der Waals surface area (Å²) in [6.45, 7) is 5.41. The summed E-state index contributed by atoms with van der Waals surface area (Å²) >= 11 is 0. The van der Waals surface area contributed by atoms with Gasteiger partial charge < -0.3 is 35.5 Å². The zero-order chi connectivity index (χ0) is 43.5. The Morgan fingerprint density at radius 1 is 0.823 bits per heavy atom. The first-order chi connectivity index (χ1) is 30.0. The molecule has 8 rings (SSSR count). The van der Waals surface area contributed by atoms with E-state index in [1.807, 2.05) is 24.9 Å². The minimum absolute atomic E-state index is 0.113. The summed E-state index contributed by atoms with van der Waals surface area (Å²) in [5.41, 5.74) is 5.98. The van der Waals surface area contributed by atoms with E-state index in [0.29, 0.717) is 19.6 Å². The van der Waals surface area contributed by atoms with Crippen molar-refractivity contribution in [1.29, 1.82) is 0 Å². The highest BCUT2D eigenvalue weighted by molar-refractivity contribution is 6.03. The fourth-order valence-electron chi connectivity index (χ4n) is 8.90. The number of H-pyrrole nitrogens is 1. The van der Waals surface area contributed by atoms with Crippen molar-refractivity contribution < 1.29 is 28.3 Å². The largest absolute Gasteiger partial charge is 0.453 e. The van der Waals surface area contributed by atoms with E-state index < -0.39 is 30.0 Å². The van der Waals surface area contributed by atoms with Crippen molar-refractivity contribution in [3.05, 3.63) is 114 Å². The highest BCUT2D eigenvalue weighted by Gasteiger charge is 2.41. The van der Waals surface area contributed by atoms with Crippen molar-refractivity contribution in [3.63, 3.8) is 0 Å². The first kappa shape index (κ1) is 42.1. The van der Waals surface area contributed by atoms with Crippen LogP contribution in [0.3, 0.4) is 0 Å². The Balaban J connectivity index is 0.935. The maximum absolute atomic E-state index is 14.9. The number of benzene rings is 4. The Labute approximate surface area is 359 Å². The number of alkyl carbamates (subject to hydrolysis) is 1. The summed E-state index contributed by atoms with van der Waals surface area (Å²) in [6, 6.07) is 24.1. The van der Waals surface area contributed by atoms with Crippen molar-refractivity contribution >= 4 is 40.4 Å². The van der Waals surface area contributed by atoms with Gasteiger partial charge in [0, 0.05) is 37.8 Å². The molecule has 0 spiro atoms. The van der Waals surface area contributed by atoms with Crippen LogP contribution in [0.1, 0.15) is 68.6 Å². The van der Waals surface area contributed by atoms with E-state index in [9.17, 15) is 23.6 Å². The van der Waals surface area contributed by atoms with Crippen LogP contribution in [0.25, 0.3) is 33.2 Å². The molecule has 2 fully saturated rings. The summed E-state index contributed by atoms with van der Waals surface area (Å²) < 4.78 is 19.7. The third kappa shape index (κ3) is 8.62. The molecule has 0 saturated carbocycles. The lowest BCUT2D eigenvalue weighted by molar-refractivity contribution is -0.136. The zero-order valence-electron chi connectivity index (χ0n) is 35.3. The molecule has 14 nitrogen and oxygen atoms in total. The molecule has 0 radical (unpaired) electrons. The van der Waals surface area contributed by atoms with E-state index in [1.165, 1.54) is 26.3 Å². The van der Waals surface area contributed by atoms with Gasteiger partial charge in [0.2, 0.25) is 11.8 Å². The molecule has 322 valence electrons. The van der Waals surface area contributed by atoms with Gasteiger partial charge in [-0.25, -0.2) is 19.0 Å². The number of rotatable bonds is 11. The quantitative estimate of drug-likeness (QED) is 0.102. The molecule has 2 saturated heterocycles. The molecule has 3 aliphatic heterocycles. The van der Waals surface area contributed by atoms with Gasteiger partial charge in [-0.2, -0.15) is 0 Å². The highest BCUT2D eigenvalue weighted by atomic mass is 19.1. The Bertz CT molecular complexity index is 2500. The Kier molecular flexibility index (Phi) is 12.3. The standard InChI is InChI=1S/C47H52FN9O5/c1-27(2)40(55-47(61)62-4)44(58)56-21-7-11-38(56)43-51-26-37(53-43)33-20-19-31-23-30(17-18-32(31)24-33)28-13-15-29(16-14-28)36-25-50-42(52-36)39-12-8-22-57(39)45(59)41(54-46(60)49-3)34-9-5-6-10-35(34)48/h5-6,9-10,13-20,23-24,26-27,38-42,50H,7-8,11-12,21-22,25H2,1-4H3,(H,51,53)(H,55,61)(H2,49,54,60). The molecule has 4 aromatic carbocycles. The minimum Gasteiger partial charge on any atom is -0.453 e. The van der Waals surface area contributed by atoms with E-state index >= 15 is 0 Å². The average molecular weight is 842 g/mol. The predicted octanol–water partition coefficient (Wildman–Crippen LogP) is 6.46. The van der Waals surface area contributed by atoms with Crippen LogP contribution in [-0.4, -0.2) is 101 Å². The Hall–Kier alpha value is -6.61. The number of carbonyl (C=O) groups excluding carboxylic acids is 4. The number of methoxy groups -OCH3 is 1. The molecule has 4 heterocycles. The van der Waals surface area contributed by atoms with Crippen LogP contribution in [0.15, 0.2) is 96.1 Å². The van der Waals surface area contributed by atoms with Crippen molar-refractivity contribution in [2.45, 2.75) is 69.9 Å². The summed E-state index contributed by atoms with van der Waals surface area (Å²) in [5.74, 6) is -0.465. The number of amides is 5. The summed E-state index contributed by atoms with van der Waals surface area (Å²) in [4.78, 5) is 68.6. The lowest BCUT2D eigenvalue weighted by Gasteiger charge is -2.31. The van der Waals surface area contributed by atoms with Crippen LogP contribution in [0, 0.1) is 11.7 Å². The number of likely N-dealkylation sites (tertiary alicyclic amines) is 2. The monoisotopic (exact) mass is 841 g/mol. The van der Waals surface area contributed by atoms with E-state index in [2.05, 4.69) is 86.9 Å². The number of imidazole rings is 1. The van der Waals surface area contributed by atoms with Gasteiger partial charge in [-0.15, -0.1) is 0 Å². The van der Waals surface area contributed by atoms with Crippen LogP contribution in [0.2, 0.25) is 0 Å². The third-order valence-electron chi connectivity index (χ3n) is 12.2. The van der Waals surface area contributed by atoms with Gasteiger partial charge in [0.15, 0.2) is 0 Å². The first-order valence-corrected chi connectivity index (χ1v) is 21.2. The van der Waals surface area contributed by atoms with Crippen molar-refractivity contribution in [2.24, 2.45) is 10.9 Å². The number of hydrogen-bond acceptors (Lipinski definition) is 8. The number of urea groups is 1.